The number of hydrogen-bond donors (Lipinski definition) is 1. The fourth-order valence-corrected chi connectivity index (χ4v) is 8.81. The quantitative estimate of drug-likeness (QED) is 0.473. The van der Waals surface area contributed by atoms with Gasteiger partial charge in [0.15, 0.2) is 0 Å². The van der Waals surface area contributed by atoms with Gasteiger partial charge in [0.2, 0.25) is 11.8 Å². The molecule has 1 saturated carbocycles. The summed E-state index contributed by atoms with van der Waals surface area (Å²) in [5.74, 6) is -1.87. The average molecular weight is 489 g/mol. The van der Waals surface area contributed by atoms with Crippen LogP contribution in [0.4, 0.5) is 0 Å². The molecule has 7 atom stereocenters. The zero-order valence-corrected chi connectivity index (χ0v) is 20.9. The van der Waals surface area contributed by atoms with Crippen LogP contribution in [0.25, 0.3) is 0 Å². The number of fused-ring (bicyclic) bond motifs is 2. The first-order chi connectivity index (χ1) is 16.4. The number of esters is 1. The van der Waals surface area contributed by atoms with Gasteiger partial charge in [-0.2, -0.15) is 0 Å². The van der Waals surface area contributed by atoms with Crippen LogP contribution in [0.5, 0.6) is 0 Å². The third kappa shape index (κ3) is 3.55. The van der Waals surface area contributed by atoms with Gasteiger partial charge >= 0.3 is 5.97 Å². The normalized spacial score (nSPS) is 37.6. The molecule has 0 bridgehead atoms. The third-order valence-corrected chi connectivity index (χ3v) is 10.5. The van der Waals surface area contributed by atoms with Crippen LogP contribution in [-0.2, 0) is 19.1 Å². The van der Waals surface area contributed by atoms with E-state index in [4.69, 9.17) is 4.74 Å². The summed E-state index contributed by atoms with van der Waals surface area (Å²) in [6.45, 7) is 4.59. The Balaban J connectivity index is 1.62. The zero-order chi connectivity index (χ0) is 24.0. The summed E-state index contributed by atoms with van der Waals surface area (Å²) >= 11 is 1.57. The van der Waals surface area contributed by atoms with E-state index < -0.39 is 28.7 Å². The number of aliphatic hydroxyl groups excluding tert-OH is 1. The first-order valence-electron chi connectivity index (χ1n) is 12.9. The molecule has 0 aromatic rings. The van der Waals surface area contributed by atoms with Gasteiger partial charge in [0.1, 0.15) is 12.6 Å². The molecule has 1 spiro atoms. The maximum Gasteiger partial charge on any atom is 0.311 e. The molecule has 0 radical (unpaired) electrons. The molecule has 4 heterocycles. The Morgan fingerprint density at radius 3 is 2.65 bits per heavy atom. The third-order valence-electron chi connectivity index (χ3n) is 8.74. The van der Waals surface area contributed by atoms with Gasteiger partial charge in [0.25, 0.3) is 0 Å². The van der Waals surface area contributed by atoms with Crippen LogP contribution in [-0.4, -0.2) is 80.6 Å². The Morgan fingerprint density at radius 1 is 1.18 bits per heavy atom. The lowest BCUT2D eigenvalue weighted by atomic mass is 9.78. The Bertz CT molecular complexity index is 900. The van der Waals surface area contributed by atoms with E-state index in [0.717, 1.165) is 32.1 Å². The molecular weight excluding hydrogens is 452 g/mol. The Labute approximate surface area is 205 Å². The van der Waals surface area contributed by atoms with Crippen LogP contribution in [0, 0.1) is 17.8 Å². The summed E-state index contributed by atoms with van der Waals surface area (Å²) in [7, 11) is 0. The number of cyclic esters (lactones) is 1. The van der Waals surface area contributed by atoms with Gasteiger partial charge in [-0.3, -0.25) is 14.4 Å². The number of thioether (sulfide) groups is 1. The molecule has 5 rings (SSSR count). The van der Waals surface area contributed by atoms with Crippen molar-refractivity contribution in [3.05, 3.63) is 24.3 Å². The van der Waals surface area contributed by atoms with E-state index >= 15 is 0 Å². The number of likely N-dealkylation sites (tertiary alicyclic amines) is 1. The lowest BCUT2D eigenvalue weighted by molar-refractivity contribution is -0.153. The van der Waals surface area contributed by atoms with Gasteiger partial charge in [0, 0.05) is 17.8 Å². The topological polar surface area (TPSA) is 87.2 Å². The molecule has 3 fully saturated rings. The number of nitrogens with zero attached hydrogens (tertiary/aromatic N) is 2. The highest BCUT2D eigenvalue weighted by Crippen LogP contribution is 2.61. The summed E-state index contributed by atoms with van der Waals surface area (Å²) in [6.07, 6.45) is 14.1. The Morgan fingerprint density at radius 2 is 1.94 bits per heavy atom. The van der Waals surface area contributed by atoms with Crippen LogP contribution in [0.3, 0.4) is 0 Å². The number of amides is 2. The molecule has 0 aromatic heterocycles. The van der Waals surface area contributed by atoms with E-state index in [2.05, 4.69) is 0 Å². The smallest absolute Gasteiger partial charge is 0.311 e. The predicted molar refractivity (Wildman–Crippen MR) is 130 cm³/mol. The van der Waals surface area contributed by atoms with E-state index in [1.54, 1.807) is 16.7 Å². The number of carbonyl (C=O) groups excluding carboxylic acids is 3. The van der Waals surface area contributed by atoms with Crippen LogP contribution in [0.2, 0.25) is 0 Å². The van der Waals surface area contributed by atoms with E-state index in [9.17, 15) is 19.5 Å². The Kier molecular flexibility index (Phi) is 6.57. The molecule has 8 heteroatoms. The molecule has 34 heavy (non-hydrogen) atoms. The maximum absolute atomic E-state index is 14.4. The highest BCUT2D eigenvalue weighted by Gasteiger charge is 2.72. The van der Waals surface area contributed by atoms with Crippen molar-refractivity contribution >= 4 is 29.5 Å². The fourth-order valence-electron chi connectivity index (χ4n) is 6.82. The van der Waals surface area contributed by atoms with Crippen molar-refractivity contribution in [2.45, 2.75) is 80.5 Å². The lowest BCUT2D eigenvalue weighted by Crippen LogP contribution is -2.59. The number of carbonyl (C=O) groups is 3. The second-order valence-corrected chi connectivity index (χ2v) is 12.0. The number of rotatable bonds is 5. The van der Waals surface area contributed by atoms with Crippen molar-refractivity contribution in [3.63, 3.8) is 0 Å². The number of hydrogen-bond acceptors (Lipinski definition) is 6. The first-order valence-corrected chi connectivity index (χ1v) is 13.7. The summed E-state index contributed by atoms with van der Waals surface area (Å²) in [5.41, 5.74) is 0. The maximum atomic E-state index is 14.4. The van der Waals surface area contributed by atoms with E-state index in [1.165, 1.54) is 6.42 Å². The molecule has 2 amide bonds. The summed E-state index contributed by atoms with van der Waals surface area (Å²) < 4.78 is 4.60. The molecule has 0 aromatic carbocycles. The van der Waals surface area contributed by atoms with Crippen molar-refractivity contribution < 1.29 is 24.2 Å². The molecule has 1 unspecified atom stereocenters. The minimum absolute atomic E-state index is 0.0229. The van der Waals surface area contributed by atoms with Crippen molar-refractivity contribution in [1.29, 1.82) is 0 Å². The predicted octanol–water partition coefficient (Wildman–Crippen LogP) is 2.53. The van der Waals surface area contributed by atoms with Crippen molar-refractivity contribution in [1.82, 2.24) is 9.80 Å². The molecule has 4 aliphatic heterocycles. The molecule has 5 aliphatic rings. The van der Waals surface area contributed by atoms with E-state index in [-0.39, 0.29) is 48.2 Å². The summed E-state index contributed by atoms with van der Waals surface area (Å²) in [5, 5.41) is 10.2. The summed E-state index contributed by atoms with van der Waals surface area (Å²) in [6, 6.07) is -1.02. The number of aliphatic hydroxyl groups is 1. The van der Waals surface area contributed by atoms with Crippen LogP contribution < -0.4 is 0 Å². The van der Waals surface area contributed by atoms with Crippen LogP contribution >= 0.6 is 11.8 Å². The highest BCUT2D eigenvalue weighted by molar-refractivity contribution is 8.02. The van der Waals surface area contributed by atoms with Crippen molar-refractivity contribution in [2.75, 3.05) is 19.8 Å². The summed E-state index contributed by atoms with van der Waals surface area (Å²) in [4.78, 5) is 45.3. The second kappa shape index (κ2) is 9.34. The van der Waals surface area contributed by atoms with Gasteiger partial charge in [-0.1, -0.05) is 63.8 Å². The highest BCUT2D eigenvalue weighted by atomic mass is 32.2. The van der Waals surface area contributed by atoms with Gasteiger partial charge in [-0.05, 0) is 18.8 Å². The van der Waals surface area contributed by atoms with Gasteiger partial charge in [-0.15, -0.1) is 11.8 Å². The largest absolute Gasteiger partial charge is 0.461 e. The van der Waals surface area contributed by atoms with Gasteiger partial charge in [-0.25, -0.2) is 0 Å². The minimum atomic E-state index is -0.839. The molecule has 2 saturated heterocycles. The fraction of sp³-hybridized carbons (Fsp3) is 0.731. The Hall–Kier alpha value is -1.80. The van der Waals surface area contributed by atoms with Crippen LogP contribution in [0.1, 0.15) is 52.4 Å². The monoisotopic (exact) mass is 488 g/mol. The van der Waals surface area contributed by atoms with E-state index in [0.29, 0.717) is 6.54 Å². The molecular formula is C26H36N2O5S. The average Bonchev–Trinajstić information content (AvgIpc) is 3.14. The first kappa shape index (κ1) is 23.9. The van der Waals surface area contributed by atoms with Gasteiger partial charge in [0.05, 0.1) is 29.2 Å². The van der Waals surface area contributed by atoms with Crippen molar-refractivity contribution in [2.24, 2.45) is 17.8 Å². The SMILES string of the molecule is CC[C@H](C)[C@H](CO)N1C(=O)[C@@H]2[C@H]3C(=O)OCC=C[C@H]3S[C@@]23C=CCN(C2CCCCC2)C(=O)C13. The second-order valence-electron chi connectivity index (χ2n) is 10.5. The van der Waals surface area contributed by atoms with Gasteiger partial charge < -0.3 is 19.6 Å². The zero-order valence-electron chi connectivity index (χ0n) is 20.1. The minimum Gasteiger partial charge on any atom is -0.461 e. The lowest BCUT2D eigenvalue weighted by Gasteiger charge is -2.42. The molecule has 1 N–H and O–H groups in total. The van der Waals surface area contributed by atoms with E-state index in [1.807, 2.05) is 43.1 Å². The van der Waals surface area contributed by atoms with Crippen molar-refractivity contribution in [3.8, 4) is 0 Å². The van der Waals surface area contributed by atoms with Crippen LogP contribution in [0.15, 0.2) is 24.3 Å². The molecule has 1 aliphatic carbocycles. The molecule has 7 nitrogen and oxygen atoms in total. The number of ether oxygens (including phenoxy) is 1. The standard InChI is InChI=1S/C26H36N2O5S/c1-3-16(2)18(15-29)28-22-24(31)27(17-9-5-4-6-10-17)13-8-12-26(22)21(23(28)30)20-19(34-26)11-7-14-33-25(20)32/h7-8,11-12,16-22,29H,3-6,9-10,13-15H2,1-2H3/t16-,18-,19+,20-,21-,22?,26-/m0/s1. The molecule has 186 valence electrons.